The molecular weight excluding hydrogens is 466 g/mol. The first kappa shape index (κ1) is 28.2. The van der Waals surface area contributed by atoms with Crippen LogP contribution in [0, 0.1) is 5.92 Å². The van der Waals surface area contributed by atoms with Crippen LogP contribution >= 0.6 is 0 Å². The number of carbonyl (C=O) groups is 2. The molecule has 2 amide bonds. The fraction of sp³-hybridized carbons (Fsp3) is 0.462. The number of nitrogens with zero attached hydrogens (tertiary/aromatic N) is 2. The minimum absolute atomic E-state index is 0.108. The number of para-hydroxylation sites is 1. The Morgan fingerprint density at radius 1 is 1.00 bits per heavy atom. The van der Waals surface area contributed by atoms with Gasteiger partial charge in [-0.15, -0.1) is 0 Å². The average Bonchev–Trinajstić information content (AvgIpc) is 2.83. The molecule has 0 aliphatic rings. The minimum atomic E-state index is -3.50. The Balaban J connectivity index is 2.14. The summed E-state index contributed by atoms with van der Waals surface area (Å²) in [6, 6.07) is 15.5. The maximum atomic E-state index is 13.3. The summed E-state index contributed by atoms with van der Waals surface area (Å²) in [5.74, 6) is 0.560. The van der Waals surface area contributed by atoms with Crippen molar-refractivity contribution in [2.24, 2.45) is 5.92 Å². The summed E-state index contributed by atoms with van der Waals surface area (Å²) in [7, 11) is -1.92. The van der Waals surface area contributed by atoms with Crippen molar-refractivity contribution >= 4 is 27.5 Å². The van der Waals surface area contributed by atoms with Gasteiger partial charge >= 0.3 is 0 Å². The fourth-order valence-corrected chi connectivity index (χ4v) is 4.53. The Labute approximate surface area is 209 Å². The highest BCUT2D eigenvalue weighted by Gasteiger charge is 2.26. The van der Waals surface area contributed by atoms with Gasteiger partial charge in [-0.1, -0.05) is 44.2 Å². The summed E-state index contributed by atoms with van der Waals surface area (Å²) in [5, 5.41) is 2.90. The molecule has 9 heteroatoms. The van der Waals surface area contributed by atoms with Crippen LogP contribution in [0.1, 0.15) is 39.2 Å². The van der Waals surface area contributed by atoms with Crippen LogP contribution in [0.5, 0.6) is 5.75 Å². The Kier molecular flexibility index (Phi) is 10.6. The zero-order valence-corrected chi connectivity index (χ0v) is 22.0. The van der Waals surface area contributed by atoms with Crippen molar-refractivity contribution < 1.29 is 22.7 Å². The molecule has 1 N–H and O–H groups in total. The first-order valence-corrected chi connectivity index (χ1v) is 13.6. The highest BCUT2D eigenvalue weighted by molar-refractivity contribution is 7.92. The van der Waals surface area contributed by atoms with E-state index in [4.69, 9.17) is 4.74 Å². The first-order chi connectivity index (χ1) is 16.5. The highest BCUT2D eigenvalue weighted by Crippen LogP contribution is 2.19. The summed E-state index contributed by atoms with van der Waals surface area (Å²) in [6.45, 7) is 6.67. The average molecular weight is 504 g/mol. The lowest BCUT2D eigenvalue weighted by Gasteiger charge is -2.29. The van der Waals surface area contributed by atoms with E-state index in [9.17, 15) is 18.0 Å². The Bertz CT molecular complexity index is 1060. The van der Waals surface area contributed by atoms with Gasteiger partial charge in [-0.3, -0.25) is 13.9 Å². The molecule has 0 radical (unpaired) electrons. The van der Waals surface area contributed by atoms with Crippen molar-refractivity contribution in [1.82, 2.24) is 10.2 Å². The van der Waals surface area contributed by atoms with Crippen molar-refractivity contribution in [2.45, 2.75) is 46.2 Å². The lowest BCUT2D eigenvalue weighted by molar-refractivity contribution is -0.140. The van der Waals surface area contributed by atoms with E-state index in [1.165, 1.54) is 4.31 Å². The van der Waals surface area contributed by atoms with Crippen LogP contribution < -0.4 is 14.4 Å². The summed E-state index contributed by atoms with van der Waals surface area (Å²) >= 11 is 0. The lowest BCUT2D eigenvalue weighted by Crippen LogP contribution is -2.48. The number of carbonyl (C=O) groups excluding carboxylic acids is 2. The van der Waals surface area contributed by atoms with Gasteiger partial charge in [0.15, 0.2) is 0 Å². The number of amides is 2. The SMILES string of the molecule is COc1ccc(CN(C(=O)CCCN(c2ccccc2)S(C)(=O)=O)C(C)C(=O)NCC(C)C)cc1. The van der Waals surface area contributed by atoms with Crippen LogP contribution in [0.2, 0.25) is 0 Å². The molecule has 2 aromatic carbocycles. The summed E-state index contributed by atoms with van der Waals surface area (Å²) < 4.78 is 31.2. The smallest absolute Gasteiger partial charge is 0.242 e. The molecule has 0 spiro atoms. The zero-order chi connectivity index (χ0) is 26.0. The molecule has 0 aliphatic heterocycles. The number of methoxy groups -OCH3 is 1. The van der Waals surface area contributed by atoms with E-state index in [0.717, 1.165) is 11.8 Å². The minimum Gasteiger partial charge on any atom is -0.497 e. The molecule has 0 heterocycles. The van der Waals surface area contributed by atoms with Gasteiger partial charge in [-0.05, 0) is 49.1 Å². The van der Waals surface area contributed by atoms with Crippen molar-refractivity contribution in [3.8, 4) is 5.75 Å². The molecule has 8 nitrogen and oxygen atoms in total. The topological polar surface area (TPSA) is 96.0 Å². The predicted molar refractivity (Wildman–Crippen MR) is 139 cm³/mol. The van der Waals surface area contributed by atoms with Crippen LogP contribution in [0.25, 0.3) is 0 Å². The number of anilines is 1. The first-order valence-electron chi connectivity index (χ1n) is 11.8. The Morgan fingerprint density at radius 3 is 2.17 bits per heavy atom. The lowest BCUT2D eigenvalue weighted by atomic mass is 10.1. The molecule has 1 unspecified atom stereocenters. The van der Waals surface area contributed by atoms with Gasteiger partial charge in [0.1, 0.15) is 11.8 Å². The van der Waals surface area contributed by atoms with Gasteiger partial charge < -0.3 is 15.0 Å². The third kappa shape index (κ3) is 8.90. The quantitative estimate of drug-likeness (QED) is 0.452. The van der Waals surface area contributed by atoms with Crippen molar-refractivity contribution in [2.75, 3.05) is 30.8 Å². The number of rotatable bonds is 13. The van der Waals surface area contributed by atoms with E-state index < -0.39 is 16.1 Å². The molecule has 1 atom stereocenters. The zero-order valence-electron chi connectivity index (χ0n) is 21.2. The van der Waals surface area contributed by atoms with Crippen LogP contribution in [0.4, 0.5) is 5.69 Å². The maximum Gasteiger partial charge on any atom is 0.242 e. The predicted octanol–water partition coefficient (Wildman–Crippen LogP) is 3.43. The largest absolute Gasteiger partial charge is 0.497 e. The summed E-state index contributed by atoms with van der Waals surface area (Å²) in [5.41, 5.74) is 1.42. The molecule has 2 rings (SSSR count). The van der Waals surface area contributed by atoms with Crippen molar-refractivity contribution in [1.29, 1.82) is 0 Å². The van der Waals surface area contributed by atoms with E-state index in [2.05, 4.69) is 5.32 Å². The summed E-state index contributed by atoms with van der Waals surface area (Å²) in [4.78, 5) is 27.6. The molecule has 0 saturated heterocycles. The molecule has 0 aromatic heterocycles. The van der Waals surface area contributed by atoms with Crippen LogP contribution in [0.15, 0.2) is 54.6 Å². The number of benzene rings is 2. The normalized spacial score (nSPS) is 12.2. The van der Waals surface area contributed by atoms with Crippen LogP contribution in [-0.2, 0) is 26.2 Å². The van der Waals surface area contributed by atoms with Gasteiger partial charge in [0, 0.05) is 26.1 Å². The molecule has 0 bridgehead atoms. The fourth-order valence-electron chi connectivity index (χ4n) is 3.56. The van der Waals surface area contributed by atoms with E-state index in [1.807, 2.05) is 44.2 Å². The van der Waals surface area contributed by atoms with E-state index in [-0.39, 0.29) is 37.2 Å². The number of ether oxygens (including phenoxy) is 1. The molecule has 192 valence electrons. The molecule has 0 fully saturated rings. The number of hydrogen-bond donors (Lipinski definition) is 1. The Hall–Kier alpha value is -3.07. The number of hydrogen-bond acceptors (Lipinski definition) is 5. The number of nitrogens with one attached hydrogen (secondary N) is 1. The van der Waals surface area contributed by atoms with E-state index >= 15 is 0 Å². The van der Waals surface area contributed by atoms with Crippen LogP contribution in [-0.4, -0.2) is 57.6 Å². The standard InChI is InChI=1S/C26H37N3O5S/c1-20(2)18-27-26(31)21(3)28(19-22-13-15-24(34-4)16-14-22)25(30)12-9-17-29(35(5,32)33)23-10-7-6-8-11-23/h6-8,10-11,13-16,20-21H,9,12,17-19H2,1-5H3,(H,27,31). The summed E-state index contributed by atoms with van der Waals surface area (Å²) in [6.07, 6.45) is 1.58. The van der Waals surface area contributed by atoms with Gasteiger partial charge in [-0.25, -0.2) is 8.42 Å². The third-order valence-electron chi connectivity index (χ3n) is 5.56. The van der Waals surface area contributed by atoms with Crippen molar-refractivity contribution in [3.63, 3.8) is 0 Å². The van der Waals surface area contributed by atoms with Crippen molar-refractivity contribution in [3.05, 3.63) is 60.2 Å². The molecule has 35 heavy (non-hydrogen) atoms. The molecule has 0 aliphatic carbocycles. The van der Waals surface area contributed by atoms with Crippen LogP contribution in [0.3, 0.4) is 0 Å². The second-order valence-electron chi connectivity index (χ2n) is 8.96. The monoisotopic (exact) mass is 503 g/mol. The molecule has 0 saturated carbocycles. The van der Waals surface area contributed by atoms with E-state index in [0.29, 0.717) is 24.4 Å². The van der Waals surface area contributed by atoms with Gasteiger partial charge in [-0.2, -0.15) is 0 Å². The highest BCUT2D eigenvalue weighted by atomic mass is 32.2. The second kappa shape index (κ2) is 13.1. The number of sulfonamides is 1. The van der Waals surface area contributed by atoms with Gasteiger partial charge in [0.2, 0.25) is 21.8 Å². The molecular formula is C26H37N3O5S. The second-order valence-corrected chi connectivity index (χ2v) is 10.9. The van der Waals surface area contributed by atoms with E-state index in [1.54, 1.807) is 43.2 Å². The van der Waals surface area contributed by atoms with Gasteiger partial charge in [0.05, 0.1) is 19.1 Å². The Morgan fingerprint density at radius 2 is 1.63 bits per heavy atom. The third-order valence-corrected chi connectivity index (χ3v) is 6.75. The molecule has 2 aromatic rings. The van der Waals surface area contributed by atoms with Gasteiger partial charge in [0.25, 0.3) is 0 Å². The maximum absolute atomic E-state index is 13.3.